The number of Topliss-reactive ketones (excluding diaryl/α,β-unsaturated/α-hetero) is 1. The molecule has 0 radical (unpaired) electrons. The Morgan fingerprint density at radius 1 is 0.652 bits per heavy atom. The van der Waals surface area contributed by atoms with E-state index < -0.39 is 0 Å². The van der Waals surface area contributed by atoms with Crippen LogP contribution in [0.4, 0.5) is 0 Å². The van der Waals surface area contributed by atoms with Gasteiger partial charge in [-0.05, 0) is 12.8 Å². The Labute approximate surface area is 146 Å². The van der Waals surface area contributed by atoms with Gasteiger partial charge in [0.15, 0.2) is 0 Å². The van der Waals surface area contributed by atoms with Gasteiger partial charge >= 0.3 is 0 Å². The van der Waals surface area contributed by atoms with Gasteiger partial charge in [0, 0.05) is 6.42 Å². The van der Waals surface area contributed by atoms with Crippen molar-refractivity contribution in [1.29, 1.82) is 0 Å². The van der Waals surface area contributed by atoms with Crippen LogP contribution in [-0.4, -0.2) is 11.8 Å². The number of hydrogen-bond donors (Lipinski definition) is 1. The van der Waals surface area contributed by atoms with Crippen LogP contribution in [0, 0.1) is 0 Å². The zero-order valence-corrected chi connectivity index (χ0v) is 16.1. The van der Waals surface area contributed by atoms with Gasteiger partial charge in [0.25, 0.3) is 0 Å². The van der Waals surface area contributed by atoms with Crippen LogP contribution < -0.4 is 5.73 Å². The molecule has 0 fully saturated rings. The molecule has 0 saturated heterocycles. The van der Waals surface area contributed by atoms with E-state index in [0.29, 0.717) is 6.42 Å². The van der Waals surface area contributed by atoms with Crippen LogP contribution in [0.15, 0.2) is 0 Å². The molecule has 2 N–H and O–H groups in total. The average molecular weight is 326 g/mol. The summed E-state index contributed by atoms with van der Waals surface area (Å²) in [5.74, 6) is 0.279. The Kier molecular flexibility index (Phi) is 17.7. The highest BCUT2D eigenvalue weighted by molar-refractivity contribution is 5.83. The third-order valence-electron chi connectivity index (χ3n) is 4.81. The molecule has 0 aliphatic carbocycles. The number of hydrogen-bond acceptors (Lipinski definition) is 2. The topological polar surface area (TPSA) is 43.1 Å². The van der Waals surface area contributed by atoms with E-state index in [4.69, 9.17) is 5.73 Å². The first-order valence-corrected chi connectivity index (χ1v) is 10.5. The SMILES string of the molecule is CCCCCCCCCCCCCCCC(=O)C(N)CCCC. The highest BCUT2D eigenvalue weighted by Crippen LogP contribution is 2.13. The fraction of sp³-hybridized carbons (Fsp3) is 0.952. The molecule has 0 aliphatic rings. The normalized spacial score (nSPS) is 12.5. The molecule has 0 saturated carbocycles. The minimum absolute atomic E-state index is 0.202. The maximum absolute atomic E-state index is 11.8. The average Bonchev–Trinajstić information content (AvgIpc) is 2.56. The van der Waals surface area contributed by atoms with E-state index in [1.54, 1.807) is 0 Å². The number of rotatable bonds is 18. The van der Waals surface area contributed by atoms with Crippen LogP contribution in [0.2, 0.25) is 0 Å². The minimum Gasteiger partial charge on any atom is -0.322 e. The smallest absolute Gasteiger partial charge is 0.149 e. The summed E-state index contributed by atoms with van der Waals surface area (Å²) in [6.45, 7) is 4.42. The lowest BCUT2D eigenvalue weighted by atomic mass is 10.0. The lowest BCUT2D eigenvalue weighted by Gasteiger charge is -2.09. The standard InChI is InChI=1S/C21H43NO/c1-3-5-7-8-9-10-11-12-13-14-15-16-17-19-21(23)20(22)18-6-4-2/h20H,3-19,22H2,1-2H3. The van der Waals surface area contributed by atoms with Crippen LogP contribution >= 0.6 is 0 Å². The summed E-state index contributed by atoms with van der Waals surface area (Å²) in [7, 11) is 0. The van der Waals surface area contributed by atoms with Gasteiger partial charge in [-0.25, -0.2) is 0 Å². The summed E-state index contributed by atoms with van der Waals surface area (Å²) in [5.41, 5.74) is 5.90. The lowest BCUT2D eigenvalue weighted by Crippen LogP contribution is -2.30. The number of ketones is 1. The highest BCUT2D eigenvalue weighted by atomic mass is 16.1. The predicted molar refractivity (Wildman–Crippen MR) is 103 cm³/mol. The summed E-state index contributed by atoms with van der Waals surface area (Å²) >= 11 is 0. The van der Waals surface area contributed by atoms with Crippen molar-refractivity contribution in [3.63, 3.8) is 0 Å². The Morgan fingerprint density at radius 3 is 1.48 bits per heavy atom. The summed E-state index contributed by atoms with van der Waals surface area (Å²) in [6, 6.07) is -0.202. The van der Waals surface area contributed by atoms with Crippen molar-refractivity contribution < 1.29 is 4.79 Å². The molecule has 0 aromatic carbocycles. The second-order valence-electron chi connectivity index (χ2n) is 7.21. The van der Waals surface area contributed by atoms with Gasteiger partial charge in [0.2, 0.25) is 0 Å². The Hall–Kier alpha value is -0.370. The minimum atomic E-state index is -0.202. The van der Waals surface area contributed by atoms with E-state index in [9.17, 15) is 4.79 Å². The number of carbonyl (C=O) groups is 1. The van der Waals surface area contributed by atoms with E-state index in [1.807, 2.05) is 0 Å². The van der Waals surface area contributed by atoms with Gasteiger partial charge in [0.05, 0.1) is 6.04 Å². The quantitative estimate of drug-likeness (QED) is 0.290. The molecule has 138 valence electrons. The van der Waals surface area contributed by atoms with E-state index in [-0.39, 0.29) is 11.8 Å². The van der Waals surface area contributed by atoms with Crippen molar-refractivity contribution in [1.82, 2.24) is 0 Å². The summed E-state index contributed by atoms with van der Waals surface area (Å²) in [4.78, 5) is 11.8. The molecule has 0 amide bonds. The maximum Gasteiger partial charge on any atom is 0.149 e. The summed E-state index contributed by atoms with van der Waals surface area (Å²) in [6.07, 6.45) is 21.3. The molecule has 0 bridgehead atoms. The van der Waals surface area contributed by atoms with E-state index in [2.05, 4.69) is 13.8 Å². The Morgan fingerprint density at radius 2 is 1.04 bits per heavy atom. The van der Waals surface area contributed by atoms with Crippen LogP contribution in [-0.2, 0) is 4.79 Å². The molecule has 1 unspecified atom stereocenters. The third-order valence-corrected chi connectivity index (χ3v) is 4.81. The van der Waals surface area contributed by atoms with E-state index in [1.165, 1.54) is 77.0 Å². The van der Waals surface area contributed by atoms with Crippen LogP contribution in [0.25, 0.3) is 0 Å². The fourth-order valence-electron chi connectivity index (χ4n) is 3.09. The predicted octanol–water partition coefficient (Wildman–Crippen LogP) is 6.55. The first-order valence-electron chi connectivity index (χ1n) is 10.5. The number of unbranched alkanes of at least 4 members (excludes halogenated alkanes) is 13. The van der Waals surface area contributed by atoms with Crippen molar-refractivity contribution in [2.75, 3.05) is 0 Å². The summed E-state index contributed by atoms with van der Waals surface area (Å²) in [5, 5.41) is 0. The van der Waals surface area contributed by atoms with Crippen LogP contribution in [0.3, 0.4) is 0 Å². The number of nitrogens with two attached hydrogens (primary N) is 1. The van der Waals surface area contributed by atoms with Crippen molar-refractivity contribution >= 4 is 5.78 Å². The third kappa shape index (κ3) is 16.3. The van der Waals surface area contributed by atoms with Crippen molar-refractivity contribution in [3.8, 4) is 0 Å². The molecule has 0 aromatic heterocycles. The fourth-order valence-corrected chi connectivity index (χ4v) is 3.09. The van der Waals surface area contributed by atoms with Crippen LogP contribution in [0.5, 0.6) is 0 Å². The molecule has 23 heavy (non-hydrogen) atoms. The van der Waals surface area contributed by atoms with Crippen LogP contribution in [0.1, 0.15) is 123 Å². The molecule has 1 atom stereocenters. The molecular weight excluding hydrogens is 282 g/mol. The zero-order chi connectivity index (χ0) is 17.2. The molecule has 0 heterocycles. The van der Waals surface area contributed by atoms with Crippen molar-refractivity contribution in [3.05, 3.63) is 0 Å². The molecule has 0 rings (SSSR count). The first-order chi connectivity index (χ1) is 11.2. The second kappa shape index (κ2) is 18.0. The molecular formula is C21H43NO. The largest absolute Gasteiger partial charge is 0.322 e. The lowest BCUT2D eigenvalue weighted by molar-refractivity contribution is -0.120. The monoisotopic (exact) mass is 325 g/mol. The van der Waals surface area contributed by atoms with Crippen molar-refractivity contribution in [2.45, 2.75) is 129 Å². The van der Waals surface area contributed by atoms with Gasteiger partial charge in [-0.15, -0.1) is 0 Å². The molecule has 2 nitrogen and oxygen atoms in total. The first kappa shape index (κ1) is 22.6. The molecule has 0 aliphatic heterocycles. The van der Waals surface area contributed by atoms with E-state index >= 15 is 0 Å². The summed E-state index contributed by atoms with van der Waals surface area (Å²) < 4.78 is 0. The Balaban J connectivity index is 3.19. The molecule has 0 spiro atoms. The van der Waals surface area contributed by atoms with Gasteiger partial charge in [-0.3, -0.25) is 4.79 Å². The molecule has 0 aromatic rings. The maximum atomic E-state index is 11.8. The van der Waals surface area contributed by atoms with E-state index in [0.717, 1.165) is 25.7 Å². The van der Waals surface area contributed by atoms with Crippen molar-refractivity contribution in [2.24, 2.45) is 5.73 Å². The number of carbonyl (C=O) groups excluding carboxylic acids is 1. The Bertz CT molecular complexity index is 252. The van der Waals surface area contributed by atoms with Gasteiger partial charge < -0.3 is 5.73 Å². The molecule has 2 heteroatoms. The van der Waals surface area contributed by atoms with Gasteiger partial charge in [0.1, 0.15) is 5.78 Å². The second-order valence-corrected chi connectivity index (χ2v) is 7.21. The highest BCUT2D eigenvalue weighted by Gasteiger charge is 2.11. The van der Waals surface area contributed by atoms with Gasteiger partial charge in [-0.2, -0.15) is 0 Å². The zero-order valence-electron chi connectivity index (χ0n) is 16.1. The van der Waals surface area contributed by atoms with Gasteiger partial charge in [-0.1, -0.05) is 104 Å².